The van der Waals surface area contributed by atoms with Gasteiger partial charge in [0.1, 0.15) is 29.2 Å². The summed E-state index contributed by atoms with van der Waals surface area (Å²) in [5.41, 5.74) is 0. The Morgan fingerprint density at radius 1 is 1.86 bits per heavy atom. The van der Waals surface area contributed by atoms with Crippen LogP contribution in [-0.2, 0) is 0 Å². The van der Waals surface area contributed by atoms with Crippen LogP contribution < -0.4 is 0 Å². The maximum absolute atomic E-state index is 6.56. The van der Waals surface area contributed by atoms with E-state index < -0.39 is 0 Å². The van der Waals surface area contributed by atoms with Crippen molar-refractivity contribution in [2.75, 3.05) is 7.05 Å². The van der Waals surface area contributed by atoms with Crippen molar-refractivity contribution in [1.29, 1.82) is 5.41 Å². The highest BCUT2D eigenvalue weighted by Gasteiger charge is 1.76. The summed E-state index contributed by atoms with van der Waals surface area (Å²) in [4.78, 5) is 0. The fourth-order valence-electron chi connectivity index (χ4n) is 0.0791. The molecule has 40 valence electrons. The zero-order valence-electron chi connectivity index (χ0n) is 3.80. The lowest BCUT2D eigenvalue weighted by molar-refractivity contribution is 0.529. The highest BCUT2D eigenvalue weighted by molar-refractivity contribution is 14.1. The Hall–Kier alpha value is -0.200. The van der Waals surface area contributed by atoms with Gasteiger partial charge in [-0.2, -0.15) is 0 Å². The molecule has 0 rings (SSSR count). The van der Waals surface area contributed by atoms with Crippen LogP contribution in [0.1, 0.15) is 0 Å². The van der Waals surface area contributed by atoms with Gasteiger partial charge in [0, 0.05) is 7.05 Å². The van der Waals surface area contributed by atoms with E-state index in [1.54, 1.807) is 29.9 Å². The maximum Gasteiger partial charge on any atom is 0.113 e. The van der Waals surface area contributed by atoms with Crippen molar-refractivity contribution < 1.29 is 0 Å². The van der Waals surface area contributed by atoms with Gasteiger partial charge in [0.2, 0.25) is 0 Å². The molecule has 0 aliphatic heterocycles. The standard InChI is InChI=1S/C2H5IN4/c1-7(2-4)6-5-3/h2,4H,1H3. The van der Waals surface area contributed by atoms with Crippen molar-refractivity contribution >= 4 is 29.2 Å². The predicted octanol–water partition coefficient (Wildman–Crippen LogP) is 1.24. The highest BCUT2D eigenvalue weighted by Crippen LogP contribution is 1.85. The average Bonchev–Trinajstić information content (AvgIpc) is 1.68. The minimum absolute atomic E-state index is 1.07. The normalized spacial score (nSPS) is 9.43. The highest BCUT2D eigenvalue weighted by atomic mass is 127. The molecule has 0 heterocycles. The maximum atomic E-state index is 6.56. The summed E-state index contributed by atoms with van der Waals surface area (Å²) >= 11 is 1.74. The molecule has 1 N–H and O–H groups in total. The third-order valence-electron chi connectivity index (χ3n) is 0.362. The Balaban J connectivity index is 3.35. The van der Waals surface area contributed by atoms with Crippen molar-refractivity contribution in [2.24, 2.45) is 8.55 Å². The van der Waals surface area contributed by atoms with Crippen LogP contribution in [0.2, 0.25) is 0 Å². The summed E-state index contributed by atoms with van der Waals surface area (Å²) in [6.45, 7) is 0. The van der Waals surface area contributed by atoms with Crippen LogP contribution >= 0.6 is 22.9 Å². The monoisotopic (exact) mass is 212 g/mol. The van der Waals surface area contributed by atoms with E-state index in [1.807, 2.05) is 0 Å². The van der Waals surface area contributed by atoms with Crippen LogP contribution in [0.4, 0.5) is 0 Å². The summed E-state index contributed by atoms with van der Waals surface area (Å²) in [5, 5.41) is 11.3. The average molecular weight is 212 g/mol. The molecule has 4 nitrogen and oxygen atoms in total. The molecular formula is C2H5IN4. The number of rotatable bonds is 2. The third kappa shape index (κ3) is 3.64. The summed E-state index contributed by atoms with van der Waals surface area (Å²) in [7, 11) is 1.63. The van der Waals surface area contributed by atoms with E-state index in [4.69, 9.17) is 5.41 Å². The number of hydrogen-bond acceptors (Lipinski definition) is 3. The molecule has 0 aromatic rings. The molecule has 0 saturated carbocycles. The third-order valence-corrected chi connectivity index (χ3v) is 0.555. The van der Waals surface area contributed by atoms with Gasteiger partial charge in [0.15, 0.2) is 0 Å². The lowest BCUT2D eigenvalue weighted by Crippen LogP contribution is -2.03. The Labute approximate surface area is 55.6 Å². The molecule has 0 spiro atoms. The van der Waals surface area contributed by atoms with Gasteiger partial charge in [0.05, 0.1) is 0 Å². The number of nitrogens with zero attached hydrogens (tertiary/aromatic N) is 3. The molecule has 0 unspecified atom stereocenters. The molecule has 0 fully saturated rings. The summed E-state index contributed by atoms with van der Waals surface area (Å²) in [6.07, 6.45) is 1.07. The zero-order chi connectivity index (χ0) is 5.70. The van der Waals surface area contributed by atoms with E-state index in [1.165, 1.54) is 5.01 Å². The summed E-state index contributed by atoms with van der Waals surface area (Å²) in [5.74, 6) is 0. The van der Waals surface area contributed by atoms with E-state index in [0.717, 1.165) is 6.34 Å². The van der Waals surface area contributed by atoms with Gasteiger partial charge in [-0.25, -0.2) is 5.01 Å². The number of nitrogens with one attached hydrogen (secondary N) is 1. The molecule has 0 aliphatic rings. The Kier molecular flexibility index (Phi) is 3.86. The van der Waals surface area contributed by atoms with Gasteiger partial charge in [-0.05, 0) is 0 Å². The Morgan fingerprint density at radius 2 is 2.43 bits per heavy atom. The van der Waals surface area contributed by atoms with Crippen LogP contribution in [0.25, 0.3) is 0 Å². The first-order chi connectivity index (χ1) is 3.31. The lowest BCUT2D eigenvalue weighted by Gasteiger charge is -1.96. The Morgan fingerprint density at radius 3 is 2.57 bits per heavy atom. The van der Waals surface area contributed by atoms with Crippen molar-refractivity contribution in [1.82, 2.24) is 5.01 Å². The number of hydrogen-bond donors (Lipinski definition) is 1. The van der Waals surface area contributed by atoms with Gasteiger partial charge >= 0.3 is 0 Å². The second-order valence-corrected chi connectivity index (χ2v) is 1.30. The van der Waals surface area contributed by atoms with Crippen molar-refractivity contribution in [3.8, 4) is 0 Å². The molecule has 7 heavy (non-hydrogen) atoms. The molecule has 0 aromatic carbocycles. The van der Waals surface area contributed by atoms with Crippen molar-refractivity contribution in [3.05, 3.63) is 0 Å². The Bertz CT molecular complexity index is 79.8. The quantitative estimate of drug-likeness (QED) is 0.242. The second-order valence-electron chi connectivity index (χ2n) is 0.868. The lowest BCUT2D eigenvalue weighted by atomic mass is 11.1. The first-order valence-electron chi connectivity index (χ1n) is 1.56. The van der Waals surface area contributed by atoms with Gasteiger partial charge in [-0.3, -0.25) is 5.41 Å². The zero-order valence-corrected chi connectivity index (χ0v) is 5.95. The van der Waals surface area contributed by atoms with Crippen LogP contribution in [0.3, 0.4) is 0 Å². The van der Waals surface area contributed by atoms with E-state index >= 15 is 0 Å². The smallest absolute Gasteiger partial charge is 0.113 e. The molecule has 0 bridgehead atoms. The van der Waals surface area contributed by atoms with Crippen LogP contribution in [0.5, 0.6) is 0 Å². The molecule has 0 radical (unpaired) electrons. The molecule has 5 heteroatoms. The fourth-order valence-corrected chi connectivity index (χ4v) is 0.384. The van der Waals surface area contributed by atoms with Crippen LogP contribution in [-0.4, -0.2) is 18.4 Å². The minimum atomic E-state index is 1.07. The van der Waals surface area contributed by atoms with E-state index in [0.29, 0.717) is 0 Å². The molecule has 0 amide bonds. The van der Waals surface area contributed by atoms with Crippen LogP contribution in [0.15, 0.2) is 8.55 Å². The largest absolute Gasteiger partial charge is 0.290 e. The van der Waals surface area contributed by atoms with E-state index in [-0.39, 0.29) is 0 Å². The fraction of sp³-hybridized carbons (Fsp3) is 0.500. The summed E-state index contributed by atoms with van der Waals surface area (Å²) in [6, 6.07) is 0. The second kappa shape index (κ2) is 3.97. The number of halogens is 1. The first kappa shape index (κ1) is 6.80. The molecule has 0 aliphatic carbocycles. The molecule has 0 aromatic heterocycles. The van der Waals surface area contributed by atoms with Crippen molar-refractivity contribution in [2.45, 2.75) is 0 Å². The van der Waals surface area contributed by atoms with E-state index in [2.05, 4.69) is 8.55 Å². The van der Waals surface area contributed by atoms with Gasteiger partial charge in [-0.1, -0.05) is 8.55 Å². The molecule has 0 saturated heterocycles. The molecular weight excluding hydrogens is 207 g/mol. The summed E-state index contributed by atoms with van der Waals surface area (Å²) < 4.78 is 3.38. The van der Waals surface area contributed by atoms with Gasteiger partial charge in [0.25, 0.3) is 0 Å². The van der Waals surface area contributed by atoms with Gasteiger partial charge < -0.3 is 0 Å². The topological polar surface area (TPSA) is 51.8 Å². The van der Waals surface area contributed by atoms with Crippen molar-refractivity contribution in [3.63, 3.8) is 0 Å². The predicted molar refractivity (Wildman–Crippen MR) is 35.4 cm³/mol. The SMILES string of the molecule is CN(C=N)N=NI. The van der Waals surface area contributed by atoms with Crippen LogP contribution in [0, 0.1) is 5.41 Å². The minimum Gasteiger partial charge on any atom is -0.290 e. The van der Waals surface area contributed by atoms with Gasteiger partial charge in [-0.15, -0.1) is 0 Å². The van der Waals surface area contributed by atoms with E-state index in [9.17, 15) is 0 Å². The first-order valence-corrected chi connectivity index (χ1v) is 2.53. The molecule has 0 atom stereocenters.